The van der Waals surface area contributed by atoms with E-state index in [0.29, 0.717) is 43.2 Å². The van der Waals surface area contributed by atoms with Gasteiger partial charge in [-0.25, -0.2) is 4.79 Å². The molecule has 0 saturated carbocycles. The van der Waals surface area contributed by atoms with Crippen molar-refractivity contribution < 1.29 is 19.1 Å². The fraction of sp³-hybridized carbons (Fsp3) is 0.409. The number of esters is 1. The number of carbonyl (C=O) groups excluding carboxylic acids is 3. The molecule has 1 N–H and O–H groups in total. The zero-order chi connectivity index (χ0) is 21.5. The second-order valence-corrected chi connectivity index (χ2v) is 8.11. The topological polar surface area (TPSA) is 79.0 Å². The van der Waals surface area contributed by atoms with Crippen LogP contribution in [-0.4, -0.2) is 66.9 Å². The Morgan fingerprint density at radius 2 is 1.83 bits per heavy atom. The van der Waals surface area contributed by atoms with E-state index in [1.165, 1.54) is 11.3 Å². The van der Waals surface area contributed by atoms with E-state index in [4.69, 9.17) is 4.74 Å². The third-order valence-corrected chi connectivity index (χ3v) is 5.94. The fourth-order valence-electron chi connectivity index (χ4n) is 3.38. The minimum Gasteiger partial charge on any atom is -0.462 e. The number of thiophene rings is 1. The van der Waals surface area contributed by atoms with Crippen molar-refractivity contribution in [3.05, 3.63) is 52.4 Å². The molecule has 2 heterocycles. The zero-order valence-corrected chi connectivity index (χ0v) is 18.2. The number of hydrogen-bond donors (Lipinski definition) is 1. The molecule has 0 bridgehead atoms. The first-order valence-electron chi connectivity index (χ1n) is 10.1. The van der Waals surface area contributed by atoms with Crippen LogP contribution in [0.25, 0.3) is 0 Å². The van der Waals surface area contributed by atoms with Crippen LogP contribution in [-0.2, 0) is 20.7 Å². The molecular formula is C22H27N3O4S. The van der Waals surface area contributed by atoms with Gasteiger partial charge in [0, 0.05) is 26.2 Å². The van der Waals surface area contributed by atoms with Gasteiger partial charge < -0.3 is 15.0 Å². The monoisotopic (exact) mass is 429 g/mol. The highest BCUT2D eigenvalue weighted by atomic mass is 32.1. The van der Waals surface area contributed by atoms with Crippen molar-refractivity contribution in [3.63, 3.8) is 0 Å². The molecule has 160 valence electrons. The number of rotatable bonds is 7. The van der Waals surface area contributed by atoms with Crippen molar-refractivity contribution in [1.29, 1.82) is 0 Å². The summed E-state index contributed by atoms with van der Waals surface area (Å²) in [5.74, 6) is -0.497. The number of carbonyl (C=O) groups is 3. The summed E-state index contributed by atoms with van der Waals surface area (Å²) in [6.07, 6.45) is 0.405. The van der Waals surface area contributed by atoms with E-state index in [1.807, 2.05) is 41.0 Å². The smallest absolute Gasteiger partial charge is 0.341 e. The van der Waals surface area contributed by atoms with E-state index in [1.54, 1.807) is 18.4 Å². The number of hydrogen-bond acceptors (Lipinski definition) is 6. The highest BCUT2D eigenvalue weighted by molar-refractivity contribution is 7.14. The van der Waals surface area contributed by atoms with Crippen molar-refractivity contribution >= 4 is 34.1 Å². The summed E-state index contributed by atoms with van der Waals surface area (Å²) in [6, 6.07) is 9.58. The Labute approximate surface area is 180 Å². The first kappa shape index (κ1) is 22.0. The van der Waals surface area contributed by atoms with Gasteiger partial charge in [-0.15, -0.1) is 11.3 Å². The maximum absolute atomic E-state index is 12.6. The Bertz CT molecular complexity index is 903. The Morgan fingerprint density at radius 1 is 1.10 bits per heavy atom. The van der Waals surface area contributed by atoms with Crippen LogP contribution in [0.3, 0.4) is 0 Å². The second-order valence-electron chi connectivity index (χ2n) is 7.19. The van der Waals surface area contributed by atoms with Crippen LogP contribution < -0.4 is 5.32 Å². The van der Waals surface area contributed by atoms with E-state index in [2.05, 4.69) is 5.32 Å². The molecule has 0 unspecified atom stereocenters. The van der Waals surface area contributed by atoms with Crippen molar-refractivity contribution in [3.8, 4) is 0 Å². The molecule has 3 rings (SSSR count). The van der Waals surface area contributed by atoms with Crippen LogP contribution in [0.15, 0.2) is 35.7 Å². The third kappa shape index (κ3) is 5.67. The molecule has 2 aromatic rings. The number of amides is 2. The molecular weight excluding hydrogens is 402 g/mol. The number of anilines is 1. The molecule has 1 aromatic carbocycles. The maximum atomic E-state index is 12.6. The third-order valence-electron chi connectivity index (χ3n) is 5.11. The maximum Gasteiger partial charge on any atom is 0.341 e. The average Bonchev–Trinajstić information content (AvgIpc) is 3.18. The van der Waals surface area contributed by atoms with Gasteiger partial charge in [-0.05, 0) is 36.4 Å². The normalized spacial score (nSPS) is 14.4. The molecule has 1 aromatic heterocycles. The van der Waals surface area contributed by atoms with Crippen LogP contribution in [0.1, 0.15) is 28.4 Å². The summed E-state index contributed by atoms with van der Waals surface area (Å²) in [4.78, 5) is 40.8. The molecule has 0 spiro atoms. The first-order valence-corrected chi connectivity index (χ1v) is 10.9. The fourth-order valence-corrected chi connectivity index (χ4v) is 4.17. The Kier molecular flexibility index (Phi) is 7.59. The largest absolute Gasteiger partial charge is 0.462 e. The molecule has 8 heteroatoms. The van der Waals surface area contributed by atoms with Gasteiger partial charge >= 0.3 is 5.97 Å². The minimum absolute atomic E-state index is 0.117. The predicted molar refractivity (Wildman–Crippen MR) is 117 cm³/mol. The van der Waals surface area contributed by atoms with E-state index in [0.717, 1.165) is 11.1 Å². The second kappa shape index (κ2) is 10.4. The van der Waals surface area contributed by atoms with E-state index in [9.17, 15) is 14.4 Å². The molecule has 1 fully saturated rings. The number of nitrogens with zero attached hydrogens (tertiary/aromatic N) is 2. The molecule has 2 amide bonds. The number of aryl methyl sites for hydroxylation is 1. The Hall–Kier alpha value is -2.71. The summed E-state index contributed by atoms with van der Waals surface area (Å²) in [7, 11) is 0. The highest BCUT2D eigenvalue weighted by Crippen LogP contribution is 2.24. The summed E-state index contributed by atoms with van der Waals surface area (Å²) in [5, 5.41) is 5.06. The molecule has 7 nitrogen and oxygen atoms in total. The lowest BCUT2D eigenvalue weighted by Gasteiger charge is -2.34. The van der Waals surface area contributed by atoms with Gasteiger partial charge in [0.05, 0.1) is 25.1 Å². The predicted octanol–water partition coefficient (Wildman–Crippen LogP) is 2.56. The van der Waals surface area contributed by atoms with Gasteiger partial charge in [0.2, 0.25) is 11.8 Å². The average molecular weight is 430 g/mol. The lowest BCUT2D eigenvalue weighted by atomic mass is 10.1. The van der Waals surface area contributed by atoms with E-state index < -0.39 is 5.97 Å². The van der Waals surface area contributed by atoms with Gasteiger partial charge in [0.25, 0.3) is 0 Å². The van der Waals surface area contributed by atoms with Crippen LogP contribution in [0.2, 0.25) is 0 Å². The van der Waals surface area contributed by atoms with Crippen molar-refractivity contribution in [1.82, 2.24) is 9.80 Å². The lowest BCUT2D eigenvalue weighted by Crippen LogP contribution is -2.50. The number of piperazine rings is 1. The standard InChI is InChI=1S/C22H27N3O4S/c1-3-29-22(28)18-8-13-30-21(18)23-19(26)15-24-9-11-25(12-10-24)20(27)14-17-7-5-4-6-16(17)2/h4-8,13H,3,9-12,14-15H2,1-2H3,(H,23,26). The van der Waals surface area contributed by atoms with Crippen molar-refractivity contribution in [2.45, 2.75) is 20.3 Å². The molecule has 1 aliphatic heterocycles. The van der Waals surface area contributed by atoms with Crippen LogP contribution >= 0.6 is 11.3 Å². The van der Waals surface area contributed by atoms with Gasteiger partial charge in [-0.3, -0.25) is 14.5 Å². The quantitative estimate of drug-likeness (QED) is 0.685. The SMILES string of the molecule is CCOC(=O)c1ccsc1NC(=O)CN1CCN(C(=O)Cc2ccccc2C)CC1. The molecule has 1 aliphatic rings. The number of nitrogens with one attached hydrogen (secondary N) is 1. The zero-order valence-electron chi connectivity index (χ0n) is 17.3. The van der Waals surface area contributed by atoms with Crippen molar-refractivity contribution in [2.24, 2.45) is 0 Å². The first-order chi connectivity index (χ1) is 14.5. The minimum atomic E-state index is -0.435. The Morgan fingerprint density at radius 3 is 2.53 bits per heavy atom. The van der Waals surface area contributed by atoms with Gasteiger partial charge in [0.1, 0.15) is 5.00 Å². The Balaban J connectivity index is 1.46. The van der Waals surface area contributed by atoms with Gasteiger partial charge in [0.15, 0.2) is 0 Å². The summed E-state index contributed by atoms with van der Waals surface area (Å²) in [5.41, 5.74) is 2.55. The highest BCUT2D eigenvalue weighted by Gasteiger charge is 2.23. The molecule has 0 atom stereocenters. The number of ether oxygens (including phenoxy) is 1. The van der Waals surface area contributed by atoms with E-state index in [-0.39, 0.29) is 25.0 Å². The number of benzene rings is 1. The molecule has 1 saturated heterocycles. The summed E-state index contributed by atoms with van der Waals surface area (Å²) < 4.78 is 5.01. The molecule has 30 heavy (non-hydrogen) atoms. The van der Waals surface area contributed by atoms with Crippen LogP contribution in [0.5, 0.6) is 0 Å². The van der Waals surface area contributed by atoms with Crippen LogP contribution in [0, 0.1) is 6.92 Å². The molecule has 0 aliphatic carbocycles. The summed E-state index contributed by atoms with van der Waals surface area (Å²) >= 11 is 1.30. The lowest BCUT2D eigenvalue weighted by molar-refractivity contribution is -0.132. The van der Waals surface area contributed by atoms with Gasteiger partial charge in [-0.2, -0.15) is 0 Å². The van der Waals surface area contributed by atoms with Crippen LogP contribution in [0.4, 0.5) is 5.00 Å². The van der Waals surface area contributed by atoms with Gasteiger partial charge in [-0.1, -0.05) is 24.3 Å². The van der Waals surface area contributed by atoms with Crippen molar-refractivity contribution in [2.75, 3.05) is 44.6 Å². The molecule has 0 radical (unpaired) electrons. The van der Waals surface area contributed by atoms with E-state index >= 15 is 0 Å². The summed E-state index contributed by atoms with van der Waals surface area (Å²) in [6.45, 7) is 6.75.